The zero-order valence-electron chi connectivity index (χ0n) is 10.8. The van der Waals surface area contributed by atoms with Crippen molar-refractivity contribution < 1.29 is 0 Å². The van der Waals surface area contributed by atoms with Crippen LogP contribution in [0.15, 0.2) is 0 Å². The summed E-state index contributed by atoms with van der Waals surface area (Å²) in [5, 5.41) is 3.52. The Bertz CT molecular complexity index is 116. The fraction of sp³-hybridized carbons (Fsp3) is 1.00. The van der Waals surface area contributed by atoms with Gasteiger partial charge in [-0.1, -0.05) is 47.5 Å². The van der Waals surface area contributed by atoms with Crippen LogP contribution >= 0.6 is 0 Å². The number of nitrogens with one attached hydrogen (secondary N) is 1. The molecule has 1 atom stereocenters. The number of hydrogen-bond donors (Lipinski definition) is 1. The van der Waals surface area contributed by atoms with Crippen molar-refractivity contribution in [1.82, 2.24) is 5.32 Å². The van der Waals surface area contributed by atoms with Crippen LogP contribution in [0.4, 0.5) is 0 Å². The molecule has 0 amide bonds. The van der Waals surface area contributed by atoms with Crippen molar-refractivity contribution in [3.05, 3.63) is 0 Å². The fourth-order valence-electron chi connectivity index (χ4n) is 2.05. The molecule has 0 aliphatic rings. The zero-order chi connectivity index (χ0) is 11.0. The maximum atomic E-state index is 3.52. The van der Waals surface area contributed by atoms with Gasteiger partial charge in [0.25, 0.3) is 0 Å². The third-order valence-electron chi connectivity index (χ3n) is 3.18. The van der Waals surface area contributed by atoms with Gasteiger partial charge in [-0.3, -0.25) is 0 Å². The summed E-state index contributed by atoms with van der Waals surface area (Å²) in [5.41, 5.74) is 0. The van der Waals surface area contributed by atoms with Crippen LogP contribution in [0.5, 0.6) is 0 Å². The minimum absolute atomic E-state index is 0.776. The lowest BCUT2D eigenvalue weighted by molar-refractivity contribution is 0.313. The van der Waals surface area contributed by atoms with Gasteiger partial charge in [0.1, 0.15) is 0 Å². The molecule has 86 valence electrons. The van der Waals surface area contributed by atoms with E-state index < -0.39 is 0 Å². The average molecular weight is 199 g/mol. The Morgan fingerprint density at radius 3 is 2.00 bits per heavy atom. The van der Waals surface area contributed by atoms with E-state index in [2.05, 4.69) is 39.9 Å². The molecular weight excluding hydrogens is 170 g/mol. The van der Waals surface area contributed by atoms with E-state index >= 15 is 0 Å². The molecule has 0 rings (SSSR count). The van der Waals surface area contributed by atoms with Gasteiger partial charge in [-0.2, -0.15) is 0 Å². The SMILES string of the molecule is CCC(CC)C(C)CCNCC(C)C. The molecule has 0 aromatic carbocycles. The van der Waals surface area contributed by atoms with E-state index in [0.717, 1.165) is 24.3 Å². The minimum Gasteiger partial charge on any atom is -0.316 e. The first-order valence-corrected chi connectivity index (χ1v) is 6.32. The molecule has 0 aliphatic carbocycles. The molecule has 0 bridgehead atoms. The van der Waals surface area contributed by atoms with Crippen molar-refractivity contribution >= 4 is 0 Å². The Balaban J connectivity index is 3.47. The van der Waals surface area contributed by atoms with Crippen LogP contribution in [0.2, 0.25) is 0 Å². The van der Waals surface area contributed by atoms with Gasteiger partial charge in [0.2, 0.25) is 0 Å². The molecule has 0 saturated carbocycles. The highest BCUT2D eigenvalue weighted by Gasteiger charge is 2.12. The van der Waals surface area contributed by atoms with Gasteiger partial charge in [0, 0.05) is 0 Å². The van der Waals surface area contributed by atoms with Crippen molar-refractivity contribution in [3.8, 4) is 0 Å². The topological polar surface area (TPSA) is 12.0 Å². The monoisotopic (exact) mass is 199 g/mol. The highest BCUT2D eigenvalue weighted by atomic mass is 14.8. The Morgan fingerprint density at radius 2 is 1.57 bits per heavy atom. The summed E-state index contributed by atoms with van der Waals surface area (Å²) in [6.07, 6.45) is 4.00. The van der Waals surface area contributed by atoms with Crippen LogP contribution in [-0.4, -0.2) is 13.1 Å². The van der Waals surface area contributed by atoms with Gasteiger partial charge in [0.15, 0.2) is 0 Å². The molecule has 0 saturated heterocycles. The van der Waals surface area contributed by atoms with E-state index in [0.29, 0.717) is 0 Å². The summed E-state index contributed by atoms with van der Waals surface area (Å²) in [5.74, 6) is 2.58. The summed E-state index contributed by atoms with van der Waals surface area (Å²) in [4.78, 5) is 0. The molecule has 0 fully saturated rings. The Labute approximate surface area is 90.7 Å². The number of hydrogen-bond acceptors (Lipinski definition) is 1. The third-order valence-corrected chi connectivity index (χ3v) is 3.18. The average Bonchev–Trinajstić information content (AvgIpc) is 2.14. The lowest BCUT2D eigenvalue weighted by atomic mass is 9.87. The van der Waals surface area contributed by atoms with Crippen molar-refractivity contribution in [2.24, 2.45) is 17.8 Å². The molecule has 0 radical (unpaired) electrons. The highest BCUT2D eigenvalue weighted by Crippen LogP contribution is 2.21. The Morgan fingerprint density at radius 1 is 1.00 bits per heavy atom. The zero-order valence-corrected chi connectivity index (χ0v) is 10.8. The van der Waals surface area contributed by atoms with Gasteiger partial charge in [-0.15, -0.1) is 0 Å². The van der Waals surface area contributed by atoms with E-state index in [1.165, 1.54) is 25.8 Å². The second-order valence-corrected chi connectivity index (χ2v) is 4.94. The van der Waals surface area contributed by atoms with Gasteiger partial charge >= 0.3 is 0 Å². The molecule has 1 N–H and O–H groups in total. The van der Waals surface area contributed by atoms with Crippen molar-refractivity contribution in [2.45, 2.75) is 53.9 Å². The predicted molar refractivity (Wildman–Crippen MR) is 65.6 cm³/mol. The number of rotatable bonds is 8. The predicted octanol–water partition coefficient (Wildman–Crippen LogP) is 3.69. The second kappa shape index (κ2) is 8.28. The molecule has 0 aromatic rings. The largest absolute Gasteiger partial charge is 0.316 e. The van der Waals surface area contributed by atoms with E-state index in [4.69, 9.17) is 0 Å². The van der Waals surface area contributed by atoms with E-state index in [-0.39, 0.29) is 0 Å². The summed E-state index contributed by atoms with van der Waals surface area (Å²) < 4.78 is 0. The first kappa shape index (κ1) is 14.0. The summed E-state index contributed by atoms with van der Waals surface area (Å²) in [6, 6.07) is 0. The van der Waals surface area contributed by atoms with Gasteiger partial charge in [-0.25, -0.2) is 0 Å². The van der Waals surface area contributed by atoms with Crippen molar-refractivity contribution in [2.75, 3.05) is 13.1 Å². The second-order valence-electron chi connectivity index (χ2n) is 4.94. The lowest BCUT2D eigenvalue weighted by Gasteiger charge is -2.21. The molecule has 1 unspecified atom stereocenters. The maximum Gasteiger partial charge on any atom is -0.00258 e. The molecule has 1 heteroatoms. The Kier molecular flexibility index (Phi) is 8.26. The minimum atomic E-state index is 0.776. The van der Waals surface area contributed by atoms with Crippen molar-refractivity contribution in [1.29, 1.82) is 0 Å². The smallest absolute Gasteiger partial charge is 0.00258 e. The van der Waals surface area contributed by atoms with Crippen LogP contribution in [0.25, 0.3) is 0 Å². The summed E-state index contributed by atoms with van der Waals surface area (Å²) in [7, 11) is 0. The molecule has 0 heterocycles. The maximum absolute atomic E-state index is 3.52. The standard InChI is InChI=1S/C13H29N/c1-6-13(7-2)12(5)8-9-14-10-11(3)4/h11-14H,6-10H2,1-5H3. The summed E-state index contributed by atoms with van der Waals surface area (Å²) >= 11 is 0. The van der Waals surface area contributed by atoms with E-state index in [1.54, 1.807) is 0 Å². The molecule has 0 aliphatic heterocycles. The quantitative estimate of drug-likeness (QED) is 0.588. The Hall–Kier alpha value is -0.0400. The van der Waals surface area contributed by atoms with E-state index in [1.807, 2.05) is 0 Å². The van der Waals surface area contributed by atoms with Crippen LogP contribution in [0.1, 0.15) is 53.9 Å². The molecular formula is C13H29N. The first-order chi connectivity index (χ1) is 6.61. The lowest BCUT2D eigenvalue weighted by Crippen LogP contribution is -2.24. The van der Waals surface area contributed by atoms with Crippen LogP contribution in [-0.2, 0) is 0 Å². The van der Waals surface area contributed by atoms with Crippen LogP contribution in [0, 0.1) is 17.8 Å². The molecule has 1 nitrogen and oxygen atoms in total. The molecule has 0 spiro atoms. The normalized spacial score (nSPS) is 13.9. The van der Waals surface area contributed by atoms with Gasteiger partial charge < -0.3 is 5.32 Å². The van der Waals surface area contributed by atoms with Crippen molar-refractivity contribution in [3.63, 3.8) is 0 Å². The first-order valence-electron chi connectivity index (χ1n) is 6.32. The van der Waals surface area contributed by atoms with Gasteiger partial charge in [0.05, 0.1) is 0 Å². The van der Waals surface area contributed by atoms with E-state index in [9.17, 15) is 0 Å². The van der Waals surface area contributed by atoms with Crippen LogP contribution < -0.4 is 5.32 Å². The highest BCUT2D eigenvalue weighted by molar-refractivity contribution is 4.65. The fourth-order valence-corrected chi connectivity index (χ4v) is 2.05. The summed E-state index contributed by atoms with van der Waals surface area (Å²) in [6.45, 7) is 13.9. The van der Waals surface area contributed by atoms with Gasteiger partial charge in [-0.05, 0) is 37.3 Å². The molecule has 14 heavy (non-hydrogen) atoms. The molecule has 0 aromatic heterocycles. The third kappa shape index (κ3) is 6.42. The van der Waals surface area contributed by atoms with Crippen LogP contribution in [0.3, 0.4) is 0 Å².